The van der Waals surface area contributed by atoms with Crippen molar-refractivity contribution in [3.8, 4) is 0 Å². The summed E-state index contributed by atoms with van der Waals surface area (Å²) in [5.74, 6) is 1.02. The lowest BCUT2D eigenvalue weighted by molar-refractivity contribution is -0.0283. The molecule has 28 heavy (non-hydrogen) atoms. The molecule has 0 radical (unpaired) electrons. The van der Waals surface area contributed by atoms with Gasteiger partial charge in [-0.3, -0.25) is 4.90 Å². The van der Waals surface area contributed by atoms with Crippen LogP contribution in [0.1, 0.15) is 17.0 Å². The first-order valence-electron chi connectivity index (χ1n) is 10.3. The van der Waals surface area contributed by atoms with Gasteiger partial charge in [0.2, 0.25) is 0 Å². The van der Waals surface area contributed by atoms with Crippen LogP contribution in [0.3, 0.4) is 0 Å². The largest absolute Gasteiger partial charge is 0.378 e. The zero-order chi connectivity index (χ0) is 18.9. The second-order valence-corrected chi connectivity index (χ2v) is 8.95. The summed E-state index contributed by atoms with van der Waals surface area (Å²) in [6.07, 6.45) is 1.56. The van der Waals surface area contributed by atoms with Gasteiger partial charge in [-0.25, -0.2) is 0 Å². The van der Waals surface area contributed by atoms with Crippen molar-refractivity contribution in [3.63, 3.8) is 0 Å². The maximum Gasteiger partial charge on any atom is 0.138 e. The fraction of sp³-hybridized carbons (Fsp3) is 0.478. The first kappa shape index (κ1) is 18.8. The van der Waals surface area contributed by atoms with E-state index in [-0.39, 0.29) is 6.23 Å². The van der Waals surface area contributed by atoms with Crippen molar-refractivity contribution >= 4 is 15.9 Å². The van der Waals surface area contributed by atoms with Crippen molar-refractivity contribution in [2.75, 3.05) is 32.8 Å². The maximum atomic E-state index is 6.32. The van der Waals surface area contributed by atoms with Crippen LogP contribution >= 0.6 is 15.9 Å². The van der Waals surface area contributed by atoms with E-state index in [1.165, 1.54) is 15.6 Å². The summed E-state index contributed by atoms with van der Waals surface area (Å²) in [7, 11) is 0. The topological polar surface area (TPSA) is 37.0 Å². The molecule has 2 aromatic carbocycles. The van der Waals surface area contributed by atoms with Crippen LogP contribution in [-0.2, 0) is 15.9 Å². The minimum atomic E-state index is 0.229. The summed E-state index contributed by atoms with van der Waals surface area (Å²) in [6, 6.07) is 19.7. The van der Waals surface area contributed by atoms with Crippen LogP contribution in [0.4, 0.5) is 0 Å². The predicted octanol–water partition coefficient (Wildman–Crippen LogP) is 3.42. The van der Waals surface area contributed by atoms with Crippen molar-refractivity contribution < 1.29 is 9.47 Å². The Morgan fingerprint density at radius 3 is 2.71 bits per heavy atom. The highest BCUT2D eigenvalue weighted by molar-refractivity contribution is 9.10. The molecule has 3 fully saturated rings. The van der Waals surface area contributed by atoms with Gasteiger partial charge >= 0.3 is 0 Å². The van der Waals surface area contributed by atoms with Crippen molar-refractivity contribution in [2.24, 2.45) is 5.92 Å². The van der Waals surface area contributed by atoms with E-state index in [0.29, 0.717) is 24.0 Å². The second-order valence-electron chi connectivity index (χ2n) is 8.10. The number of hydrogen-bond donors (Lipinski definition) is 1. The molecule has 5 rings (SSSR count). The average Bonchev–Trinajstić information content (AvgIpc) is 3.37. The summed E-state index contributed by atoms with van der Waals surface area (Å²) in [6.45, 7) is 4.60. The molecule has 148 valence electrons. The summed E-state index contributed by atoms with van der Waals surface area (Å²) < 4.78 is 13.3. The molecule has 2 aromatic rings. The standard InChI is InChI=1S/C23H27BrN2O2/c24-21-9-5-4-8-18(21)19-13-25-14-20(19)22-23(28-22)26-10-11-27-15-17(26)12-16-6-2-1-3-7-16/h1-9,17,19-20,22-23,25H,10-15H2/t17-,19-,20+,22?,23?/m0/s1. The number of ether oxygens (including phenoxy) is 2. The number of nitrogens with zero attached hydrogens (tertiary/aromatic N) is 1. The van der Waals surface area contributed by atoms with Crippen LogP contribution < -0.4 is 5.32 Å². The summed E-state index contributed by atoms with van der Waals surface area (Å²) in [4.78, 5) is 2.55. The lowest BCUT2D eigenvalue weighted by Crippen LogP contribution is -2.49. The molecule has 3 aliphatic rings. The van der Waals surface area contributed by atoms with E-state index >= 15 is 0 Å². The van der Waals surface area contributed by atoms with Gasteiger partial charge in [0.25, 0.3) is 0 Å². The van der Waals surface area contributed by atoms with E-state index in [1.54, 1.807) is 0 Å². The Morgan fingerprint density at radius 2 is 1.86 bits per heavy atom. The number of halogens is 1. The molecule has 0 amide bonds. The Kier molecular flexibility index (Phi) is 5.53. The van der Waals surface area contributed by atoms with E-state index < -0.39 is 0 Å². The van der Waals surface area contributed by atoms with Crippen molar-refractivity contribution in [2.45, 2.75) is 30.7 Å². The lowest BCUT2D eigenvalue weighted by Gasteiger charge is -2.35. The number of rotatable bonds is 5. The number of hydrogen-bond acceptors (Lipinski definition) is 4. The van der Waals surface area contributed by atoms with Gasteiger partial charge in [0, 0.05) is 42.0 Å². The highest BCUT2D eigenvalue weighted by Crippen LogP contribution is 2.44. The number of morpholine rings is 1. The number of benzene rings is 2. The van der Waals surface area contributed by atoms with Crippen LogP contribution in [0, 0.1) is 5.92 Å². The minimum Gasteiger partial charge on any atom is -0.378 e. The smallest absolute Gasteiger partial charge is 0.138 e. The van der Waals surface area contributed by atoms with Crippen molar-refractivity contribution in [1.29, 1.82) is 0 Å². The van der Waals surface area contributed by atoms with Gasteiger partial charge in [0.05, 0.1) is 13.2 Å². The summed E-state index contributed by atoms with van der Waals surface area (Å²) >= 11 is 3.75. The summed E-state index contributed by atoms with van der Waals surface area (Å²) in [5, 5.41) is 3.60. The number of nitrogens with one attached hydrogen (secondary N) is 1. The van der Waals surface area contributed by atoms with Gasteiger partial charge in [0.15, 0.2) is 0 Å². The van der Waals surface area contributed by atoms with Crippen molar-refractivity contribution in [1.82, 2.24) is 10.2 Å². The van der Waals surface area contributed by atoms with E-state index in [4.69, 9.17) is 9.47 Å². The van der Waals surface area contributed by atoms with E-state index in [1.807, 2.05) is 0 Å². The Bertz CT molecular complexity index is 802. The third-order valence-corrected chi connectivity index (χ3v) is 7.13. The third kappa shape index (κ3) is 3.79. The molecular formula is C23H27BrN2O2. The van der Waals surface area contributed by atoms with E-state index in [9.17, 15) is 0 Å². The minimum absolute atomic E-state index is 0.229. The van der Waals surface area contributed by atoms with Crippen LogP contribution in [0.2, 0.25) is 0 Å². The van der Waals surface area contributed by atoms with E-state index in [0.717, 1.165) is 39.3 Å². The molecule has 0 spiro atoms. The average molecular weight is 443 g/mol. The molecule has 0 aliphatic carbocycles. The molecule has 5 heteroatoms. The number of epoxide rings is 1. The van der Waals surface area contributed by atoms with Crippen LogP contribution in [0.15, 0.2) is 59.1 Å². The molecular weight excluding hydrogens is 416 g/mol. The molecule has 0 bridgehead atoms. The lowest BCUT2D eigenvalue weighted by atomic mass is 9.86. The van der Waals surface area contributed by atoms with Gasteiger partial charge in [0.1, 0.15) is 12.3 Å². The molecule has 0 aromatic heterocycles. The van der Waals surface area contributed by atoms with Gasteiger partial charge in [-0.1, -0.05) is 64.5 Å². The molecule has 2 unspecified atom stereocenters. The zero-order valence-corrected chi connectivity index (χ0v) is 17.6. The Hall–Kier alpha value is -1.24. The molecule has 4 nitrogen and oxygen atoms in total. The van der Waals surface area contributed by atoms with Crippen LogP contribution in [0.25, 0.3) is 0 Å². The Balaban J connectivity index is 1.29. The summed E-state index contributed by atoms with van der Waals surface area (Å²) in [5.41, 5.74) is 2.77. The van der Waals surface area contributed by atoms with Crippen molar-refractivity contribution in [3.05, 3.63) is 70.2 Å². The molecule has 3 aliphatic heterocycles. The van der Waals surface area contributed by atoms with Gasteiger partial charge < -0.3 is 14.8 Å². The van der Waals surface area contributed by atoms with Crippen LogP contribution in [-0.4, -0.2) is 56.1 Å². The van der Waals surface area contributed by atoms with Crippen LogP contribution in [0.5, 0.6) is 0 Å². The predicted molar refractivity (Wildman–Crippen MR) is 113 cm³/mol. The normalized spacial score (nSPS) is 33.1. The van der Waals surface area contributed by atoms with Gasteiger partial charge in [-0.15, -0.1) is 0 Å². The molecule has 3 heterocycles. The fourth-order valence-electron chi connectivity index (χ4n) is 4.92. The molecule has 5 atom stereocenters. The first-order chi connectivity index (χ1) is 13.8. The molecule has 1 N–H and O–H groups in total. The highest BCUT2D eigenvalue weighted by atomic mass is 79.9. The second kappa shape index (κ2) is 8.25. The monoisotopic (exact) mass is 442 g/mol. The van der Waals surface area contributed by atoms with Gasteiger partial charge in [-0.05, 0) is 23.6 Å². The molecule has 0 saturated carbocycles. The molecule has 3 saturated heterocycles. The Labute approximate surface area is 175 Å². The van der Waals surface area contributed by atoms with E-state index in [2.05, 4.69) is 80.7 Å². The first-order valence-corrected chi connectivity index (χ1v) is 11.1. The zero-order valence-electron chi connectivity index (χ0n) is 16.0. The quantitative estimate of drug-likeness (QED) is 0.719. The third-order valence-electron chi connectivity index (χ3n) is 6.40. The SMILES string of the molecule is Brc1ccccc1[C@@H]1CNC[C@H]1C1OC1N1CCOC[C@@H]1Cc1ccccc1. The Morgan fingerprint density at radius 1 is 1.04 bits per heavy atom. The van der Waals surface area contributed by atoms with Gasteiger partial charge in [-0.2, -0.15) is 0 Å². The fourth-order valence-corrected chi connectivity index (χ4v) is 5.50. The maximum absolute atomic E-state index is 6.32. The highest BCUT2D eigenvalue weighted by Gasteiger charge is 2.54.